The lowest BCUT2D eigenvalue weighted by atomic mass is 10.1. The van der Waals surface area contributed by atoms with E-state index in [9.17, 15) is 0 Å². The van der Waals surface area contributed by atoms with Crippen molar-refractivity contribution in [3.05, 3.63) is 35.5 Å². The SMILES string of the molecule is C=C(CC)C1=CCC(CCC)=C1.CC. The molecule has 0 spiro atoms. The minimum absolute atomic E-state index is 1.07. The fourth-order valence-electron chi connectivity index (χ4n) is 1.52. The molecule has 0 nitrogen and oxygen atoms in total. The number of hydrogen-bond donors (Lipinski definition) is 0. The Morgan fingerprint density at radius 1 is 1.36 bits per heavy atom. The fraction of sp³-hybridized carbons (Fsp3) is 0.571. The van der Waals surface area contributed by atoms with Crippen LogP contribution in [0.3, 0.4) is 0 Å². The number of rotatable bonds is 4. The Balaban J connectivity index is 0.000000791. The first-order valence-electron chi connectivity index (χ1n) is 5.85. The molecule has 0 unspecified atom stereocenters. The van der Waals surface area contributed by atoms with Crippen molar-refractivity contribution in [2.45, 2.75) is 53.4 Å². The third kappa shape index (κ3) is 3.95. The van der Waals surface area contributed by atoms with Crippen LogP contribution >= 0.6 is 0 Å². The summed E-state index contributed by atoms with van der Waals surface area (Å²) in [4.78, 5) is 0. The van der Waals surface area contributed by atoms with Crippen molar-refractivity contribution >= 4 is 0 Å². The first-order valence-corrected chi connectivity index (χ1v) is 5.85. The van der Waals surface area contributed by atoms with Gasteiger partial charge >= 0.3 is 0 Å². The molecular formula is C14H24. The third-order valence-electron chi connectivity index (χ3n) is 2.35. The number of allylic oxidation sites excluding steroid dienone is 5. The van der Waals surface area contributed by atoms with E-state index in [2.05, 4.69) is 32.6 Å². The van der Waals surface area contributed by atoms with Crippen molar-refractivity contribution in [3.8, 4) is 0 Å². The summed E-state index contributed by atoms with van der Waals surface area (Å²) in [7, 11) is 0. The second kappa shape index (κ2) is 7.61. The maximum Gasteiger partial charge on any atom is -0.0126 e. The molecule has 1 aliphatic rings. The van der Waals surface area contributed by atoms with Crippen molar-refractivity contribution in [1.29, 1.82) is 0 Å². The van der Waals surface area contributed by atoms with Gasteiger partial charge in [-0.25, -0.2) is 0 Å². The fourth-order valence-corrected chi connectivity index (χ4v) is 1.52. The second-order valence-electron chi connectivity index (χ2n) is 3.37. The van der Waals surface area contributed by atoms with Gasteiger partial charge < -0.3 is 0 Å². The van der Waals surface area contributed by atoms with Crippen LogP contribution in [0.15, 0.2) is 35.5 Å². The van der Waals surface area contributed by atoms with E-state index in [-0.39, 0.29) is 0 Å². The average molecular weight is 192 g/mol. The zero-order valence-electron chi connectivity index (χ0n) is 10.2. The van der Waals surface area contributed by atoms with Crippen LogP contribution in [0.2, 0.25) is 0 Å². The molecule has 0 radical (unpaired) electrons. The summed E-state index contributed by atoms with van der Waals surface area (Å²) in [5.41, 5.74) is 4.23. The highest BCUT2D eigenvalue weighted by Crippen LogP contribution is 2.26. The minimum Gasteiger partial charge on any atom is -0.0953 e. The Labute approximate surface area is 89.4 Å². The van der Waals surface area contributed by atoms with E-state index in [0.29, 0.717) is 0 Å². The van der Waals surface area contributed by atoms with Gasteiger partial charge in [0.25, 0.3) is 0 Å². The van der Waals surface area contributed by atoms with Crippen LogP contribution in [-0.2, 0) is 0 Å². The standard InChI is InChI=1S/C12H18.C2H6/c1-4-6-11-7-8-12(9-11)10(3)5-2;1-2/h8-9H,3-7H2,1-2H3;1-2H3. The molecule has 1 aliphatic carbocycles. The van der Waals surface area contributed by atoms with Crippen molar-refractivity contribution in [2.75, 3.05) is 0 Å². The van der Waals surface area contributed by atoms with Crippen molar-refractivity contribution in [2.24, 2.45) is 0 Å². The van der Waals surface area contributed by atoms with Crippen LogP contribution in [0, 0.1) is 0 Å². The van der Waals surface area contributed by atoms with Gasteiger partial charge in [-0.15, -0.1) is 0 Å². The largest absolute Gasteiger partial charge is 0.0953 e. The smallest absolute Gasteiger partial charge is 0.0126 e. The first kappa shape index (κ1) is 13.2. The Morgan fingerprint density at radius 3 is 2.50 bits per heavy atom. The van der Waals surface area contributed by atoms with E-state index in [0.717, 1.165) is 12.8 Å². The maximum atomic E-state index is 4.04. The molecule has 1 rings (SSSR count). The second-order valence-corrected chi connectivity index (χ2v) is 3.37. The molecule has 0 aromatic heterocycles. The van der Waals surface area contributed by atoms with E-state index in [1.165, 1.54) is 24.0 Å². The zero-order chi connectivity index (χ0) is 11.0. The molecule has 0 aromatic rings. The predicted molar refractivity (Wildman–Crippen MR) is 66.5 cm³/mol. The normalized spacial score (nSPS) is 14.0. The van der Waals surface area contributed by atoms with Gasteiger partial charge in [0.1, 0.15) is 0 Å². The van der Waals surface area contributed by atoms with E-state index >= 15 is 0 Å². The summed E-state index contributed by atoms with van der Waals surface area (Å²) in [5.74, 6) is 0. The zero-order valence-corrected chi connectivity index (χ0v) is 10.2. The van der Waals surface area contributed by atoms with Gasteiger partial charge in [-0.1, -0.05) is 58.4 Å². The Bertz CT molecular complexity index is 228. The predicted octanol–water partition coefficient (Wildman–Crippen LogP) is 5.04. The van der Waals surface area contributed by atoms with Gasteiger partial charge in [0.2, 0.25) is 0 Å². The summed E-state index contributed by atoms with van der Waals surface area (Å²) in [6, 6.07) is 0. The highest BCUT2D eigenvalue weighted by atomic mass is 14.1. The van der Waals surface area contributed by atoms with Crippen LogP contribution in [0.4, 0.5) is 0 Å². The molecule has 0 heterocycles. The van der Waals surface area contributed by atoms with Crippen molar-refractivity contribution < 1.29 is 0 Å². The first-order chi connectivity index (χ1) is 6.77. The van der Waals surface area contributed by atoms with Crippen LogP contribution in [0.1, 0.15) is 53.4 Å². The molecule has 0 fully saturated rings. The van der Waals surface area contributed by atoms with Gasteiger partial charge in [0.15, 0.2) is 0 Å². The van der Waals surface area contributed by atoms with Gasteiger partial charge in [-0.05, 0) is 30.4 Å². The molecule has 0 saturated carbocycles. The van der Waals surface area contributed by atoms with Crippen LogP contribution in [0.25, 0.3) is 0 Å². The molecule has 0 saturated heterocycles. The summed E-state index contributed by atoms with van der Waals surface area (Å²) in [6.07, 6.45) is 9.35. The Morgan fingerprint density at radius 2 is 2.00 bits per heavy atom. The molecule has 0 atom stereocenters. The maximum absolute atomic E-state index is 4.04. The Kier molecular flexibility index (Phi) is 7.18. The molecule has 0 aromatic carbocycles. The third-order valence-corrected chi connectivity index (χ3v) is 2.35. The highest BCUT2D eigenvalue weighted by molar-refractivity contribution is 5.44. The molecule has 14 heavy (non-hydrogen) atoms. The van der Waals surface area contributed by atoms with Gasteiger partial charge in [0, 0.05) is 0 Å². The molecule has 0 aliphatic heterocycles. The van der Waals surface area contributed by atoms with Crippen molar-refractivity contribution in [3.63, 3.8) is 0 Å². The average Bonchev–Trinajstić information content (AvgIpc) is 2.69. The summed E-state index contributed by atoms with van der Waals surface area (Å²) in [5, 5.41) is 0. The minimum atomic E-state index is 1.07. The van der Waals surface area contributed by atoms with Gasteiger partial charge in [0.05, 0.1) is 0 Å². The van der Waals surface area contributed by atoms with E-state index < -0.39 is 0 Å². The summed E-state index contributed by atoms with van der Waals surface area (Å²) >= 11 is 0. The molecule has 0 amide bonds. The molecular weight excluding hydrogens is 168 g/mol. The summed E-state index contributed by atoms with van der Waals surface area (Å²) < 4.78 is 0. The lowest BCUT2D eigenvalue weighted by Crippen LogP contribution is -1.79. The number of hydrogen-bond acceptors (Lipinski definition) is 0. The van der Waals surface area contributed by atoms with E-state index in [1.807, 2.05) is 13.8 Å². The van der Waals surface area contributed by atoms with Crippen LogP contribution in [0.5, 0.6) is 0 Å². The lowest BCUT2D eigenvalue weighted by Gasteiger charge is -1.99. The van der Waals surface area contributed by atoms with Crippen LogP contribution in [-0.4, -0.2) is 0 Å². The molecule has 80 valence electrons. The van der Waals surface area contributed by atoms with Crippen LogP contribution < -0.4 is 0 Å². The molecule has 0 bridgehead atoms. The van der Waals surface area contributed by atoms with Gasteiger partial charge in [-0.3, -0.25) is 0 Å². The van der Waals surface area contributed by atoms with E-state index in [1.54, 1.807) is 5.57 Å². The lowest BCUT2D eigenvalue weighted by molar-refractivity contribution is 0.887. The Hall–Kier alpha value is -0.780. The monoisotopic (exact) mass is 192 g/mol. The molecule has 0 N–H and O–H groups in total. The van der Waals surface area contributed by atoms with Gasteiger partial charge in [-0.2, -0.15) is 0 Å². The topological polar surface area (TPSA) is 0 Å². The molecule has 0 heteroatoms. The van der Waals surface area contributed by atoms with E-state index in [4.69, 9.17) is 0 Å². The highest BCUT2D eigenvalue weighted by Gasteiger charge is 2.06. The van der Waals surface area contributed by atoms with Crippen molar-refractivity contribution in [1.82, 2.24) is 0 Å². The summed E-state index contributed by atoms with van der Waals surface area (Å²) in [6.45, 7) is 12.4. The quantitative estimate of drug-likeness (QED) is 0.585.